The summed E-state index contributed by atoms with van der Waals surface area (Å²) in [6, 6.07) is 0. The van der Waals surface area contributed by atoms with Gasteiger partial charge in [-0.3, -0.25) is 4.79 Å². The number of nitrogens with one attached hydrogen (secondary N) is 1. The molecule has 0 aliphatic carbocycles. The minimum atomic E-state index is -0.334. The maximum absolute atomic E-state index is 12.0. The molecule has 90 valence electrons. The van der Waals surface area contributed by atoms with E-state index in [1.165, 1.54) is 0 Å². The largest absolute Gasteiger partial charge is 0.354 e. The van der Waals surface area contributed by atoms with Gasteiger partial charge in [-0.25, -0.2) is 0 Å². The number of amides is 1. The van der Waals surface area contributed by atoms with Crippen molar-refractivity contribution in [3.63, 3.8) is 0 Å². The van der Waals surface area contributed by atoms with Gasteiger partial charge in [0.25, 0.3) is 0 Å². The predicted octanol–water partition coefficient (Wildman–Crippen LogP) is 1.74. The van der Waals surface area contributed by atoms with Crippen molar-refractivity contribution in [2.75, 3.05) is 27.2 Å². The molecule has 3 heteroatoms. The Balaban J connectivity index is 4.21. The van der Waals surface area contributed by atoms with Crippen LogP contribution in [-0.2, 0) is 4.79 Å². The van der Waals surface area contributed by atoms with Crippen molar-refractivity contribution >= 4 is 5.91 Å². The average Bonchev–Trinajstić information content (AvgIpc) is 2.01. The summed E-state index contributed by atoms with van der Waals surface area (Å²) in [7, 11) is 4.00. The Morgan fingerprint density at radius 1 is 1.13 bits per heavy atom. The van der Waals surface area contributed by atoms with Crippen molar-refractivity contribution < 1.29 is 4.79 Å². The zero-order valence-corrected chi connectivity index (χ0v) is 11.3. The van der Waals surface area contributed by atoms with Crippen LogP contribution in [0.5, 0.6) is 0 Å². The van der Waals surface area contributed by atoms with Crippen molar-refractivity contribution in [3.8, 4) is 0 Å². The fraction of sp³-hybridized carbons (Fsp3) is 0.917. The molecular formula is C12H26N2O. The highest BCUT2D eigenvalue weighted by atomic mass is 16.2. The minimum absolute atomic E-state index is 0.0187. The lowest BCUT2D eigenvalue weighted by molar-refractivity contribution is -0.134. The molecule has 0 aliphatic heterocycles. The summed E-state index contributed by atoms with van der Waals surface area (Å²) in [5.74, 6) is 0.136. The number of carbonyl (C=O) groups is 1. The summed E-state index contributed by atoms with van der Waals surface area (Å²) in [6.07, 6.45) is 0. The third-order valence-electron chi connectivity index (χ3n) is 3.29. The van der Waals surface area contributed by atoms with Gasteiger partial charge in [-0.05, 0) is 19.5 Å². The third kappa shape index (κ3) is 4.20. The molecular weight excluding hydrogens is 188 g/mol. The minimum Gasteiger partial charge on any atom is -0.354 e. The van der Waals surface area contributed by atoms with E-state index in [1.807, 2.05) is 27.9 Å². The Hall–Kier alpha value is -0.570. The molecule has 0 aliphatic rings. The van der Waals surface area contributed by atoms with Gasteiger partial charge in [-0.15, -0.1) is 0 Å². The SMILES string of the molecule is CN(C)CCNC(=O)C(C)(C)C(C)(C)C. The maximum atomic E-state index is 12.0. The molecule has 0 spiro atoms. The molecule has 0 atom stereocenters. The Kier molecular flexibility index (Phi) is 4.78. The van der Waals surface area contributed by atoms with Gasteiger partial charge in [0.1, 0.15) is 0 Å². The first-order valence-electron chi connectivity index (χ1n) is 5.52. The van der Waals surface area contributed by atoms with Gasteiger partial charge in [0.05, 0.1) is 0 Å². The summed E-state index contributed by atoms with van der Waals surface area (Å²) in [5.41, 5.74) is -0.353. The van der Waals surface area contributed by atoms with Gasteiger partial charge >= 0.3 is 0 Å². The van der Waals surface area contributed by atoms with Crippen LogP contribution in [0, 0.1) is 10.8 Å². The Morgan fingerprint density at radius 3 is 1.93 bits per heavy atom. The zero-order chi connectivity index (χ0) is 12.3. The molecule has 0 saturated heterocycles. The van der Waals surface area contributed by atoms with Gasteiger partial charge in [0.15, 0.2) is 0 Å². The number of rotatable bonds is 4. The fourth-order valence-corrected chi connectivity index (χ4v) is 0.955. The summed E-state index contributed by atoms with van der Waals surface area (Å²) < 4.78 is 0. The van der Waals surface area contributed by atoms with Crippen LogP contribution in [0.15, 0.2) is 0 Å². The summed E-state index contributed by atoms with van der Waals surface area (Å²) >= 11 is 0. The molecule has 0 radical (unpaired) electrons. The van der Waals surface area contributed by atoms with E-state index in [0.29, 0.717) is 6.54 Å². The second kappa shape index (κ2) is 4.97. The smallest absolute Gasteiger partial charge is 0.226 e. The van der Waals surface area contributed by atoms with E-state index in [1.54, 1.807) is 0 Å². The van der Waals surface area contributed by atoms with Crippen LogP contribution in [0.3, 0.4) is 0 Å². The van der Waals surface area contributed by atoms with E-state index >= 15 is 0 Å². The van der Waals surface area contributed by atoms with Crippen molar-refractivity contribution in [3.05, 3.63) is 0 Å². The second-order valence-corrected chi connectivity index (χ2v) is 5.93. The molecule has 0 aromatic heterocycles. The van der Waals surface area contributed by atoms with E-state index in [9.17, 15) is 4.79 Å². The molecule has 3 nitrogen and oxygen atoms in total. The molecule has 0 unspecified atom stereocenters. The number of carbonyl (C=O) groups excluding carboxylic acids is 1. The van der Waals surface area contributed by atoms with Gasteiger partial charge in [-0.1, -0.05) is 34.6 Å². The van der Waals surface area contributed by atoms with Crippen molar-refractivity contribution in [1.82, 2.24) is 10.2 Å². The van der Waals surface area contributed by atoms with Gasteiger partial charge in [0.2, 0.25) is 5.91 Å². The topological polar surface area (TPSA) is 32.3 Å². The first-order chi connectivity index (χ1) is 6.59. The Bertz CT molecular complexity index is 214. The molecule has 1 N–H and O–H groups in total. The number of hydrogen-bond donors (Lipinski definition) is 1. The normalized spacial score (nSPS) is 13.1. The quantitative estimate of drug-likeness (QED) is 0.773. The Labute approximate surface area is 94.2 Å². The van der Waals surface area contributed by atoms with E-state index in [0.717, 1.165) is 6.54 Å². The van der Waals surface area contributed by atoms with Crippen molar-refractivity contribution in [1.29, 1.82) is 0 Å². The molecule has 0 bridgehead atoms. The van der Waals surface area contributed by atoms with E-state index in [2.05, 4.69) is 31.0 Å². The lowest BCUT2D eigenvalue weighted by atomic mass is 9.69. The number of likely N-dealkylation sites (N-methyl/N-ethyl adjacent to an activating group) is 1. The van der Waals surface area contributed by atoms with Crippen molar-refractivity contribution in [2.45, 2.75) is 34.6 Å². The lowest BCUT2D eigenvalue weighted by Gasteiger charge is -2.37. The predicted molar refractivity (Wildman–Crippen MR) is 64.8 cm³/mol. The van der Waals surface area contributed by atoms with E-state index < -0.39 is 0 Å². The van der Waals surface area contributed by atoms with Crippen LogP contribution in [-0.4, -0.2) is 38.0 Å². The first-order valence-corrected chi connectivity index (χ1v) is 5.52. The molecule has 0 fully saturated rings. The zero-order valence-electron chi connectivity index (χ0n) is 11.3. The number of nitrogens with zero attached hydrogens (tertiary/aromatic N) is 1. The first kappa shape index (κ1) is 14.4. The van der Waals surface area contributed by atoms with Crippen LogP contribution < -0.4 is 5.32 Å². The van der Waals surface area contributed by atoms with E-state index in [4.69, 9.17) is 0 Å². The van der Waals surface area contributed by atoms with Crippen LogP contribution in [0.4, 0.5) is 0 Å². The summed E-state index contributed by atoms with van der Waals surface area (Å²) in [5, 5.41) is 2.98. The third-order valence-corrected chi connectivity index (χ3v) is 3.29. The second-order valence-electron chi connectivity index (χ2n) is 5.93. The van der Waals surface area contributed by atoms with Crippen LogP contribution in [0.25, 0.3) is 0 Å². The molecule has 0 aromatic carbocycles. The molecule has 15 heavy (non-hydrogen) atoms. The van der Waals surface area contributed by atoms with Crippen LogP contribution >= 0.6 is 0 Å². The fourth-order valence-electron chi connectivity index (χ4n) is 0.955. The summed E-state index contributed by atoms with van der Waals surface area (Å²) in [6.45, 7) is 11.9. The molecule has 0 aromatic rings. The molecule has 0 saturated carbocycles. The number of hydrogen-bond acceptors (Lipinski definition) is 2. The van der Waals surface area contributed by atoms with Crippen LogP contribution in [0.2, 0.25) is 0 Å². The van der Waals surface area contributed by atoms with Gasteiger partial charge in [0, 0.05) is 18.5 Å². The van der Waals surface area contributed by atoms with Gasteiger partial charge in [-0.2, -0.15) is 0 Å². The Morgan fingerprint density at radius 2 is 1.60 bits per heavy atom. The van der Waals surface area contributed by atoms with Crippen LogP contribution in [0.1, 0.15) is 34.6 Å². The standard InChI is InChI=1S/C12H26N2O/c1-11(2,3)12(4,5)10(15)13-8-9-14(6)7/h8-9H2,1-7H3,(H,13,15). The molecule has 0 rings (SSSR count). The van der Waals surface area contributed by atoms with E-state index in [-0.39, 0.29) is 16.7 Å². The molecule has 1 amide bonds. The molecule has 0 heterocycles. The van der Waals surface area contributed by atoms with Gasteiger partial charge < -0.3 is 10.2 Å². The highest BCUT2D eigenvalue weighted by Gasteiger charge is 2.39. The highest BCUT2D eigenvalue weighted by molar-refractivity contribution is 5.82. The highest BCUT2D eigenvalue weighted by Crippen LogP contribution is 2.37. The summed E-state index contributed by atoms with van der Waals surface area (Å²) in [4.78, 5) is 14.0. The monoisotopic (exact) mass is 214 g/mol. The van der Waals surface area contributed by atoms with Crippen molar-refractivity contribution in [2.24, 2.45) is 10.8 Å². The average molecular weight is 214 g/mol. The lowest BCUT2D eigenvalue weighted by Crippen LogP contribution is -2.46. The maximum Gasteiger partial charge on any atom is 0.226 e.